The topological polar surface area (TPSA) is 101 Å². The van der Waals surface area contributed by atoms with Gasteiger partial charge in [-0.25, -0.2) is 23.9 Å². The molecule has 2 aliphatic rings. The lowest BCUT2D eigenvalue weighted by molar-refractivity contribution is 0.0206. The number of halogens is 1. The minimum Gasteiger partial charge on any atom is -0.444 e. The van der Waals surface area contributed by atoms with Gasteiger partial charge in [0.05, 0.1) is 11.9 Å². The lowest BCUT2D eigenvalue weighted by atomic mass is 9.81. The van der Waals surface area contributed by atoms with Gasteiger partial charge in [-0.05, 0) is 91.3 Å². The summed E-state index contributed by atoms with van der Waals surface area (Å²) in [5.41, 5.74) is 0.570. The maximum Gasteiger partial charge on any atom is 0.420 e. The molecule has 3 aromatic rings. The van der Waals surface area contributed by atoms with E-state index in [-0.39, 0.29) is 12.1 Å². The molecule has 11 heteroatoms. The van der Waals surface area contributed by atoms with Crippen molar-refractivity contribution in [2.75, 3.05) is 23.3 Å². The van der Waals surface area contributed by atoms with Crippen molar-refractivity contribution >= 4 is 35.2 Å². The van der Waals surface area contributed by atoms with E-state index in [2.05, 4.69) is 10.4 Å². The summed E-state index contributed by atoms with van der Waals surface area (Å²) in [6.07, 6.45) is 5.66. The van der Waals surface area contributed by atoms with Gasteiger partial charge in [-0.3, -0.25) is 0 Å². The first kappa shape index (κ1) is 29.6. The zero-order valence-corrected chi connectivity index (χ0v) is 25.3. The molecule has 0 radical (unpaired) electrons. The number of hydrogen-bond acceptors (Lipinski definition) is 7. The summed E-state index contributed by atoms with van der Waals surface area (Å²) in [7, 11) is 0. The van der Waals surface area contributed by atoms with Crippen LogP contribution in [0.4, 0.5) is 31.3 Å². The first-order chi connectivity index (χ1) is 19.8. The fourth-order valence-electron chi connectivity index (χ4n) is 5.25. The number of rotatable bonds is 5. The Kier molecular flexibility index (Phi) is 8.04. The summed E-state index contributed by atoms with van der Waals surface area (Å²) in [4.78, 5) is 34.5. The van der Waals surface area contributed by atoms with E-state index in [9.17, 15) is 14.0 Å². The lowest BCUT2D eigenvalue weighted by Gasteiger charge is -2.34. The van der Waals surface area contributed by atoms with Crippen molar-refractivity contribution in [2.24, 2.45) is 0 Å². The highest BCUT2D eigenvalue weighted by Gasteiger charge is 2.32. The third kappa shape index (κ3) is 6.77. The molecule has 42 heavy (non-hydrogen) atoms. The van der Waals surface area contributed by atoms with Gasteiger partial charge in [0.1, 0.15) is 28.7 Å². The molecule has 3 heterocycles. The molecule has 2 fully saturated rings. The number of nitrogens with zero attached hydrogens (tertiary/aromatic N) is 5. The van der Waals surface area contributed by atoms with E-state index in [4.69, 9.17) is 14.5 Å². The van der Waals surface area contributed by atoms with Crippen LogP contribution in [0.25, 0.3) is 5.65 Å². The predicted octanol–water partition coefficient (Wildman–Crippen LogP) is 7.02. The molecule has 1 saturated heterocycles. The number of carbonyl (C=O) groups is 2. The molecule has 2 amide bonds. The molecule has 1 aliphatic carbocycles. The Labute approximate surface area is 246 Å². The number of likely N-dealkylation sites (tertiary alicyclic amines) is 1. The summed E-state index contributed by atoms with van der Waals surface area (Å²) in [5.74, 6) is 0.747. The average Bonchev–Trinajstić information content (AvgIpc) is 3.25. The lowest BCUT2D eigenvalue weighted by Crippen LogP contribution is -2.47. The molecule has 1 saturated carbocycles. The highest BCUT2D eigenvalue weighted by atomic mass is 19.1. The summed E-state index contributed by atoms with van der Waals surface area (Å²) in [6.45, 7) is 12.0. The maximum absolute atomic E-state index is 14.4. The minimum atomic E-state index is -0.787. The van der Waals surface area contributed by atoms with Crippen molar-refractivity contribution in [3.05, 3.63) is 47.9 Å². The van der Waals surface area contributed by atoms with Crippen molar-refractivity contribution in [1.82, 2.24) is 19.5 Å². The van der Waals surface area contributed by atoms with Crippen LogP contribution in [0.5, 0.6) is 0 Å². The van der Waals surface area contributed by atoms with Crippen LogP contribution in [0, 0.1) is 5.82 Å². The van der Waals surface area contributed by atoms with Gasteiger partial charge in [0.15, 0.2) is 5.65 Å². The number of amides is 2. The van der Waals surface area contributed by atoms with Crippen LogP contribution >= 0.6 is 0 Å². The van der Waals surface area contributed by atoms with Crippen molar-refractivity contribution in [3.63, 3.8) is 0 Å². The van der Waals surface area contributed by atoms with Gasteiger partial charge in [0.2, 0.25) is 0 Å². The van der Waals surface area contributed by atoms with Crippen molar-refractivity contribution < 1.29 is 23.5 Å². The van der Waals surface area contributed by atoms with Gasteiger partial charge in [-0.1, -0.05) is 12.5 Å². The SMILES string of the molecule is CC(C)(C)OC(=O)N1CCC[C@H](Nc2cc(N(C(=O)OC(C)(C)C)c3cccc(F)c3)n3ncc(C4CCC4)c3n2)C1. The highest BCUT2D eigenvalue weighted by molar-refractivity contribution is 5.96. The Bertz CT molecular complexity index is 1460. The minimum absolute atomic E-state index is 0.0895. The fourth-order valence-corrected chi connectivity index (χ4v) is 5.25. The van der Waals surface area contributed by atoms with Crippen LogP contribution in [-0.2, 0) is 9.47 Å². The number of carbonyl (C=O) groups excluding carboxylic acids is 2. The zero-order valence-electron chi connectivity index (χ0n) is 25.3. The monoisotopic (exact) mass is 580 g/mol. The van der Waals surface area contributed by atoms with Gasteiger partial charge < -0.3 is 19.7 Å². The van der Waals surface area contributed by atoms with Crippen molar-refractivity contribution in [2.45, 2.75) is 96.8 Å². The van der Waals surface area contributed by atoms with E-state index in [0.717, 1.165) is 37.7 Å². The fraction of sp³-hybridized carbons (Fsp3) is 0.548. The van der Waals surface area contributed by atoms with Crippen LogP contribution in [0.2, 0.25) is 0 Å². The second-order valence-corrected chi connectivity index (χ2v) is 13.2. The Morgan fingerprint density at radius 1 is 1.02 bits per heavy atom. The van der Waals surface area contributed by atoms with Gasteiger partial charge in [0.25, 0.3) is 0 Å². The van der Waals surface area contributed by atoms with E-state index in [1.165, 1.54) is 17.0 Å². The summed E-state index contributed by atoms with van der Waals surface area (Å²) < 4.78 is 27.5. The molecule has 5 rings (SSSR count). The van der Waals surface area contributed by atoms with Crippen LogP contribution in [-0.4, -0.2) is 62.0 Å². The molecular formula is C31H41FN6O4. The van der Waals surface area contributed by atoms with Gasteiger partial charge in [-0.2, -0.15) is 9.61 Å². The van der Waals surface area contributed by atoms with E-state index >= 15 is 0 Å². The molecule has 2 aromatic heterocycles. The number of ether oxygens (including phenoxy) is 2. The van der Waals surface area contributed by atoms with E-state index in [0.29, 0.717) is 42.0 Å². The molecule has 1 N–H and O–H groups in total. The van der Waals surface area contributed by atoms with Crippen molar-refractivity contribution in [1.29, 1.82) is 0 Å². The number of benzene rings is 1. The number of hydrogen-bond donors (Lipinski definition) is 1. The molecule has 0 bridgehead atoms. The van der Waals surface area contributed by atoms with E-state index in [1.807, 2.05) is 27.0 Å². The van der Waals surface area contributed by atoms with Gasteiger partial charge in [0, 0.05) is 30.8 Å². The first-order valence-corrected chi connectivity index (χ1v) is 14.7. The molecule has 1 aliphatic heterocycles. The molecule has 0 unspecified atom stereocenters. The van der Waals surface area contributed by atoms with Crippen LogP contribution < -0.4 is 10.2 Å². The second-order valence-electron chi connectivity index (χ2n) is 13.2. The van der Waals surface area contributed by atoms with E-state index in [1.54, 1.807) is 48.4 Å². The number of nitrogens with one attached hydrogen (secondary N) is 1. The van der Waals surface area contributed by atoms with E-state index < -0.39 is 23.1 Å². The molecule has 10 nitrogen and oxygen atoms in total. The van der Waals surface area contributed by atoms with Gasteiger partial charge >= 0.3 is 12.2 Å². The Balaban J connectivity index is 1.55. The average molecular weight is 581 g/mol. The molecule has 1 aromatic carbocycles. The second kappa shape index (κ2) is 11.4. The van der Waals surface area contributed by atoms with Gasteiger partial charge in [-0.15, -0.1) is 0 Å². The number of fused-ring (bicyclic) bond motifs is 1. The molecular weight excluding hydrogens is 539 g/mol. The number of anilines is 3. The maximum atomic E-state index is 14.4. The van der Waals surface area contributed by atoms with Crippen molar-refractivity contribution in [3.8, 4) is 0 Å². The zero-order chi connectivity index (χ0) is 30.2. The Hall–Kier alpha value is -3.89. The molecule has 0 spiro atoms. The first-order valence-electron chi connectivity index (χ1n) is 14.7. The van der Waals surface area contributed by atoms with Crippen LogP contribution in [0.3, 0.4) is 0 Å². The summed E-state index contributed by atoms with van der Waals surface area (Å²) in [5, 5.41) is 8.14. The smallest absolute Gasteiger partial charge is 0.420 e. The number of aromatic nitrogens is 3. The summed E-state index contributed by atoms with van der Waals surface area (Å²) >= 11 is 0. The molecule has 226 valence electrons. The predicted molar refractivity (Wildman–Crippen MR) is 159 cm³/mol. The number of piperidine rings is 1. The third-order valence-electron chi connectivity index (χ3n) is 7.32. The Morgan fingerprint density at radius 3 is 2.40 bits per heavy atom. The third-order valence-corrected chi connectivity index (χ3v) is 7.32. The quantitative estimate of drug-likeness (QED) is 0.346. The molecule has 1 atom stereocenters. The Morgan fingerprint density at radius 2 is 1.76 bits per heavy atom. The normalized spacial score (nSPS) is 18.0. The largest absolute Gasteiger partial charge is 0.444 e. The summed E-state index contributed by atoms with van der Waals surface area (Å²) in [6, 6.07) is 7.46. The standard InChI is InChI=1S/C31H41FN6O4/c1-30(2,3)41-28(39)36-15-9-13-22(19-36)34-25-17-26(38-27(35-25)24(18-33-38)20-10-7-11-20)37(29(40)42-31(4,5)6)23-14-8-12-21(32)16-23/h8,12,14,16-18,20,22H,7,9-11,13,15,19H2,1-6H3,(H,34,35)/t22-/m0/s1. The highest BCUT2D eigenvalue weighted by Crippen LogP contribution is 2.40. The van der Waals surface area contributed by atoms with Crippen LogP contribution in [0.1, 0.15) is 85.1 Å². The van der Waals surface area contributed by atoms with Crippen LogP contribution in [0.15, 0.2) is 36.5 Å².